The molecule has 6 nitrogen and oxygen atoms in total. The van der Waals surface area contributed by atoms with Gasteiger partial charge in [0, 0.05) is 12.7 Å². The summed E-state index contributed by atoms with van der Waals surface area (Å²) in [7, 11) is 5.57. The molecule has 0 aliphatic heterocycles. The van der Waals surface area contributed by atoms with Crippen molar-refractivity contribution < 1.29 is 9.84 Å². The van der Waals surface area contributed by atoms with E-state index in [-0.39, 0.29) is 0 Å². The van der Waals surface area contributed by atoms with Gasteiger partial charge < -0.3 is 14.7 Å². The predicted octanol–water partition coefficient (Wildman–Crippen LogP) is 1.24. The number of aryl methyl sites for hydroxylation is 1. The lowest BCUT2D eigenvalue weighted by Gasteiger charge is -2.16. The molecular formula is C15H22N4O2. The van der Waals surface area contributed by atoms with E-state index in [0.717, 1.165) is 12.1 Å². The molecule has 21 heavy (non-hydrogen) atoms. The van der Waals surface area contributed by atoms with Crippen molar-refractivity contribution in [1.29, 1.82) is 0 Å². The van der Waals surface area contributed by atoms with Gasteiger partial charge in [0.15, 0.2) is 5.75 Å². The average molecular weight is 290 g/mol. The molecule has 0 radical (unpaired) electrons. The zero-order chi connectivity index (χ0) is 15.4. The first-order valence-electron chi connectivity index (χ1n) is 6.88. The van der Waals surface area contributed by atoms with E-state index in [1.54, 1.807) is 24.2 Å². The number of aliphatic hydroxyl groups excluding tert-OH is 1. The van der Waals surface area contributed by atoms with Crippen LogP contribution < -0.4 is 4.74 Å². The van der Waals surface area contributed by atoms with Gasteiger partial charge in [-0.1, -0.05) is 6.07 Å². The van der Waals surface area contributed by atoms with Crippen molar-refractivity contribution in [2.45, 2.75) is 19.6 Å². The Labute approximate surface area is 125 Å². The third-order valence-electron chi connectivity index (χ3n) is 3.30. The van der Waals surface area contributed by atoms with Crippen molar-refractivity contribution in [2.24, 2.45) is 0 Å². The minimum absolute atomic E-state index is 0.573. The number of rotatable bonds is 6. The van der Waals surface area contributed by atoms with Crippen LogP contribution in [-0.4, -0.2) is 52.5 Å². The van der Waals surface area contributed by atoms with Gasteiger partial charge in [-0.15, -0.1) is 0 Å². The van der Waals surface area contributed by atoms with Crippen LogP contribution in [0.2, 0.25) is 0 Å². The first-order chi connectivity index (χ1) is 10.0. The van der Waals surface area contributed by atoms with Gasteiger partial charge in [0.25, 0.3) is 0 Å². The molecule has 0 spiro atoms. The van der Waals surface area contributed by atoms with Crippen LogP contribution in [0.5, 0.6) is 5.75 Å². The monoisotopic (exact) mass is 290 g/mol. The summed E-state index contributed by atoms with van der Waals surface area (Å²) < 4.78 is 7.08. The molecule has 0 amide bonds. The molecular weight excluding hydrogens is 268 g/mol. The third-order valence-corrected chi connectivity index (χ3v) is 3.30. The van der Waals surface area contributed by atoms with E-state index in [1.165, 1.54) is 0 Å². The van der Waals surface area contributed by atoms with Crippen LogP contribution in [-0.2, 0) is 6.54 Å². The van der Waals surface area contributed by atoms with Gasteiger partial charge in [-0.2, -0.15) is 5.10 Å². The van der Waals surface area contributed by atoms with Crippen molar-refractivity contribution in [3.05, 3.63) is 41.5 Å². The van der Waals surface area contributed by atoms with Gasteiger partial charge in [-0.25, -0.2) is 0 Å². The fraction of sp³-hybridized carbons (Fsp3) is 0.467. The Bertz CT molecular complexity index is 578. The maximum absolute atomic E-state index is 10.6. The second-order valence-electron chi connectivity index (χ2n) is 5.29. The number of aliphatic hydroxyl groups is 1. The van der Waals surface area contributed by atoms with Gasteiger partial charge in [-0.3, -0.25) is 9.67 Å². The molecule has 114 valence electrons. The molecule has 0 bridgehead atoms. The minimum atomic E-state index is -0.856. The van der Waals surface area contributed by atoms with E-state index >= 15 is 0 Å². The quantitative estimate of drug-likeness (QED) is 0.867. The molecule has 2 aromatic rings. The molecule has 0 aliphatic rings. The Kier molecular flexibility index (Phi) is 4.93. The molecule has 2 aromatic heterocycles. The SMILES string of the molecule is COc1cnn(CCN(C)C)c1C(O)c1ccc(C)cn1. The predicted molar refractivity (Wildman–Crippen MR) is 80.4 cm³/mol. The summed E-state index contributed by atoms with van der Waals surface area (Å²) in [6.45, 7) is 3.46. The first kappa shape index (κ1) is 15.5. The lowest BCUT2D eigenvalue weighted by Crippen LogP contribution is -2.21. The van der Waals surface area contributed by atoms with E-state index in [1.807, 2.05) is 33.2 Å². The van der Waals surface area contributed by atoms with Gasteiger partial charge in [0.1, 0.15) is 11.8 Å². The van der Waals surface area contributed by atoms with Crippen LogP contribution in [0.3, 0.4) is 0 Å². The zero-order valence-corrected chi connectivity index (χ0v) is 12.9. The molecule has 0 fully saturated rings. The van der Waals surface area contributed by atoms with Gasteiger partial charge in [-0.05, 0) is 32.6 Å². The second-order valence-corrected chi connectivity index (χ2v) is 5.29. The normalized spacial score (nSPS) is 12.7. The van der Waals surface area contributed by atoms with Crippen molar-refractivity contribution in [1.82, 2.24) is 19.7 Å². The lowest BCUT2D eigenvalue weighted by molar-refractivity contribution is 0.195. The molecule has 1 unspecified atom stereocenters. The van der Waals surface area contributed by atoms with E-state index < -0.39 is 6.10 Å². The van der Waals surface area contributed by atoms with E-state index in [2.05, 4.69) is 15.0 Å². The van der Waals surface area contributed by atoms with E-state index in [0.29, 0.717) is 23.7 Å². The van der Waals surface area contributed by atoms with Crippen LogP contribution in [0.15, 0.2) is 24.5 Å². The summed E-state index contributed by atoms with van der Waals surface area (Å²) in [5.74, 6) is 0.573. The Balaban J connectivity index is 2.31. The number of aromatic nitrogens is 3. The van der Waals surface area contributed by atoms with Crippen molar-refractivity contribution in [3.63, 3.8) is 0 Å². The highest BCUT2D eigenvalue weighted by Gasteiger charge is 2.22. The molecule has 6 heteroatoms. The molecule has 0 aromatic carbocycles. The second kappa shape index (κ2) is 6.69. The summed E-state index contributed by atoms with van der Waals surface area (Å²) in [5.41, 5.74) is 2.28. The summed E-state index contributed by atoms with van der Waals surface area (Å²) in [4.78, 5) is 6.35. The molecule has 0 saturated heterocycles. The van der Waals surface area contributed by atoms with Crippen molar-refractivity contribution in [3.8, 4) is 5.75 Å². The number of ether oxygens (including phenoxy) is 1. The maximum Gasteiger partial charge on any atom is 0.163 e. The molecule has 1 N–H and O–H groups in total. The minimum Gasteiger partial charge on any atom is -0.493 e. The highest BCUT2D eigenvalue weighted by molar-refractivity contribution is 5.32. The van der Waals surface area contributed by atoms with Crippen LogP contribution in [0.4, 0.5) is 0 Å². The molecule has 2 rings (SSSR count). The van der Waals surface area contributed by atoms with Crippen LogP contribution >= 0.6 is 0 Å². The Morgan fingerprint density at radius 3 is 2.67 bits per heavy atom. The summed E-state index contributed by atoms with van der Waals surface area (Å²) in [5, 5.41) is 14.9. The maximum atomic E-state index is 10.6. The highest BCUT2D eigenvalue weighted by Crippen LogP contribution is 2.28. The zero-order valence-electron chi connectivity index (χ0n) is 12.9. The Morgan fingerprint density at radius 2 is 2.10 bits per heavy atom. The first-order valence-corrected chi connectivity index (χ1v) is 6.88. The van der Waals surface area contributed by atoms with E-state index in [4.69, 9.17) is 4.74 Å². The van der Waals surface area contributed by atoms with Crippen LogP contribution in [0.1, 0.15) is 23.1 Å². The standard InChI is InChI=1S/C15H22N4O2/c1-11-5-6-12(16-9-11)15(20)14-13(21-4)10-17-19(14)8-7-18(2)3/h5-6,9-10,15,20H,7-8H2,1-4H3. The fourth-order valence-electron chi connectivity index (χ4n) is 2.06. The topological polar surface area (TPSA) is 63.4 Å². The van der Waals surface area contributed by atoms with Gasteiger partial charge in [0.05, 0.1) is 25.5 Å². The van der Waals surface area contributed by atoms with Crippen LogP contribution in [0.25, 0.3) is 0 Å². The number of methoxy groups -OCH3 is 1. The Morgan fingerprint density at radius 1 is 1.33 bits per heavy atom. The molecule has 0 aliphatic carbocycles. The largest absolute Gasteiger partial charge is 0.493 e. The number of pyridine rings is 1. The lowest BCUT2D eigenvalue weighted by atomic mass is 10.1. The van der Waals surface area contributed by atoms with Gasteiger partial charge >= 0.3 is 0 Å². The third kappa shape index (κ3) is 3.59. The summed E-state index contributed by atoms with van der Waals surface area (Å²) in [6, 6.07) is 3.75. The number of hydrogen-bond donors (Lipinski definition) is 1. The smallest absolute Gasteiger partial charge is 0.163 e. The molecule has 0 saturated carbocycles. The van der Waals surface area contributed by atoms with E-state index in [9.17, 15) is 5.11 Å². The number of hydrogen-bond acceptors (Lipinski definition) is 5. The summed E-state index contributed by atoms with van der Waals surface area (Å²) in [6.07, 6.45) is 2.51. The fourth-order valence-corrected chi connectivity index (χ4v) is 2.06. The number of nitrogens with zero attached hydrogens (tertiary/aromatic N) is 4. The van der Waals surface area contributed by atoms with Crippen LogP contribution in [0, 0.1) is 6.92 Å². The summed E-state index contributed by atoms with van der Waals surface area (Å²) >= 11 is 0. The Hall–Kier alpha value is -1.92. The van der Waals surface area contributed by atoms with Crippen molar-refractivity contribution in [2.75, 3.05) is 27.7 Å². The highest BCUT2D eigenvalue weighted by atomic mass is 16.5. The molecule has 1 atom stereocenters. The van der Waals surface area contributed by atoms with Crippen molar-refractivity contribution >= 4 is 0 Å². The average Bonchev–Trinajstić information content (AvgIpc) is 2.88. The number of likely N-dealkylation sites (N-methyl/N-ethyl adjacent to an activating group) is 1. The molecule has 2 heterocycles. The van der Waals surface area contributed by atoms with Gasteiger partial charge in [0.2, 0.25) is 0 Å².